The Morgan fingerprint density at radius 3 is 2.41 bits per heavy atom. The molecule has 0 aromatic heterocycles. The van der Waals surface area contributed by atoms with Crippen molar-refractivity contribution in [3.05, 3.63) is 98.8 Å². The van der Waals surface area contributed by atoms with E-state index in [9.17, 15) is 9.18 Å². The lowest BCUT2D eigenvalue weighted by molar-refractivity contribution is 0.0954. The van der Waals surface area contributed by atoms with E-state index in [4.69, 9.17) is 4.74 Å². The summed E-state index contributed by atoms with van der Waals surface area (Å²) in [5.41, 5.74) is 6.69. The lowest BCUT2D eigenvalue weighted by Gasteiger charge is -2.13. The van der Waals surface area contributed by atoms with Crippen molar-refractivity contribution in [3.8, 4) is 5.75 Å². The van der Waals surface area contributed by atoms with E-state index < -0.39 is 0 Å². The molecule has 1 N–H and O–H groups in total. The van der Waals surface area contributed by atoms with Gasteiger partial charge in [-0.15, -0.1) is 0 Å². The predicted molar refractivity (Wildman–Crippen MR) is 116 cm³/mol. The molecule has 148 valence electrons. The molecule has 3 rings (SSSR count). The fourth-order valence-corrected chi connectivity index (χ4v) is 3.36. The molecule has 0 saturated carbocycles. The van der Waals surface area contributed by atoms with Crippen LogP contribution in [0.4, 0.5) is 4.39 Å². The van der Waals surface area contributed by atoms with E-state index in [1.54, 1.807) is 36.5 Å². The predicted octanol–water partition coefficient (Wildman–Crippen LogP) is 5.55. The van der Waals surface area contributed by atoms with Crippen LogP contribution in [0.2, 0.25) is 0 Å². The van der Waals surface area contributed by atoms with Gasteiger partial charge in [-0.1, -0.05) is 24.3 Å². The molecule has 0 spiro atoms. The number of hydrazone groups is 1. The molecule has 0 aliphatic rings. The van der Waals surface area contributed by atoms with Gasteiger partial charge in [-0.05, 0) is 88.4 Å². The van der Waals surface area contributed by atoms with Crippen LogP contribution in [0.15, 0.2) is 70.2 Å². The van der Waals surface area contributed by atoms with E-state index in [1.807, 2.05) is 32.0 Å². The van der Waals surface area contributed by atoms with Crippen LogP contribution < -0.4 is 10.2 Å². The lowest BCUT2D eigenvalue weighted by atomic mass is 10.1. The average molecular weight is 455 g/mol. The Labute approximate surface area is 177 Å². The zero-order valence-corrected chi connectivity index (χ0v) is 17.7. The number of hydrogen-bond donors (Lipinski definition) is 1. The fourth-order valence-electron chi connectivity index (χ4n) is 2.89. The Hall–Kier alpha value is -2.99. The Balaban J connectivity index is 1.65. The van der Waals surface area contributed by atoms with Gasteiger partial charge in [-0.25, -0.2) is 9.82 Å². The van der Waals surface area contributed by atoms with Crippen molar-refractivity contribution in [1.29, 1.82) is 0 Å². The highest BCUT2D eigenvalue weighted by molar-refractivity contribution is 9.10. The van der Waals surface area contributed by atoms with E-state index in [0.717, 1.165) is 28.0 Å². The molecule has 0 atom stereocenters. The van der Waals surface area contributed by atoms with Crippen LogP contribution in [-0.2, 0) is 6.61 Å². The van der Waals surface area contributed by atoms with Crippen molar-refractivity contribution >= 4 is 28.1 Å². The molecule has 0 heterocycles. The van der Waals surface area contributed by atoms with E-state index in [1.165, 1.54) is 12.1 Å². The first-order valence-electron chi connectivity index (χ1n) is 9.00. The van der Waals surface area contributed by atoms with Gasteiger partial charge in [0, 0.05) is 4.47 Å². The van der Waals surface area contributed by atoms with Gasteiger partial charge in [0.25, 0.3) is 5.91 Å². The minimum Gasteiger partial charge on any atom is -0.488 e. The zero-order chi connectivity index (χ0) is 20.8. The van der Waals surface area contributed by atoms with Crippen LogP contribution in [-0.4, -0.2) is 12.1 Å². The monoisotopic (exact) mass is 454 g/mol. The summed E-state index contributed by atoms with van der Waals surface area (Å²) in [6, 6.07) is 17.3. The third kappa shape index (κ3) is 5.51. The van der Waals surface area contributed by atoms with Crippen molar-refractivity contribution in [2.75, 3.05) is 0 Å². The second kappa shape index (κ2) is 9.47. The number of ether oxygens (including phenoxy) is 1. The van der Waals surface area contributed by atoms with Crippen molar-refractivity contribution in [2.45, 2.75) is 20.5 Å². The second-order valence-corrected chi connectivity index (χ2v) is 7.43. The molecule has 1 amide bonds. The van der Waals surface area contributed by atoms with Gasteiger partial charge >= 0.3 is 0 Å². The highest BCUT2D eigenvalue weighted by Gasteiger charge is 2.09. The third-order valence-corrected chi connectivity index (χ3v) is 4.97. The number of amides is 1. The molecule has 0 bridgehead atoms. The third-order valence-electron chi connectivity index (χ3n) is 4.28. The number of carbonyl (C=O) groups excluding carboxylic acids is 1. The fraction of sp³-hybridized carbons (Fsp3) is 0.130. The van der Waals surface area contributed by atoms with E-state index in [-0.39, 0.29) is 11.7 Å². The van der Waals surface area contributed by atoms with Gasteiger partial charge in [0.05, 0.1) is 11.8 Å². The molecule has 3 aromatic carbocycles. The van der Waals surface area contributed by atoms with Gasteiger partial charge < -0.3 is 4.74 Å². The van der Waals surface area contributed by atoms with E-state index >= 15 is 0 Å². The van der Waals surface area contributed by atoms with Crippen LogP contribution in [0.5, 0.6) is 5.75 Å². The molecular formula is C23H20BrFN2O2. The molecule has 0 radical (unpaired) electrons. The number of nitrogens with one attached hydrogen (secondary N) is 1. The van der Waals surface area contributed by atoms with Crippen LogP contribution >= 0.6 is 15.9 Å². The quantitative estimate of drug-likeness (QED) is 0.392. The summed E-state index contributed by atoms with van der Waals surface area (Å²) in [4.78, 5) is 12.2. The van der Waals surface area contributed by atoms with Crippen molar-refractivity contribution < 1.29 is 13.9 Å². The maximum absolute atomic E-state index is 13.0. The second-order valence-electron chi connectivity index (χ2n) is 6.58. The highest BCUT2D eigenvalue weighted by Crippen LogP contribution is 2.25. The van der Waals surface area contributed by atoms with Gasteiger partial charge in [-0.3, -0.25) is 4.79 Å². The van der Waals surface area contributed by atoms with Crippen molar-refractivity contribution in [2.24, 2.45) is 5.10 Å². The molecule has 0 unspecified atom stereocenters. The number of halogens is 2. The minimum absolute atomic E-state index is 0.267. The first kappa shape index (κ1) is 20.7. The first-order valence-corrected chi connectivity index (χ1v) is 9.80. The van der Waals surface area contributed by atoms with Gasteiger partial charge in [-0.2, -0.15) is 5.10 Å². The van der Waals surface area contributed by atoms with E-state index in [2.05, 4.69) is 26.5 Å². The molecule has 0 aliphatic heterocycles. The molecule has 6 heteroatoms. The topological polar surface area (TPSA) is 50.7 Å². The van der Waals surface area contributed by atoms with Crippen molar-refractivity contribution in [1.82, 2.24) is 5.43 Å². The maximum atomic E-state index is 13.0. The van der Waals surface area contributed by atoms with Crippen LogP contribution in [0.1, 0.15) is 32.6 Å². The SMILES string of the molecule is Cc1cc(/C=N\NC(=O)c2ccccc2Br)cc(C)c1OCc1ccc(F)cc1. The average Bonchev–Trinajstić information content (AvgIpc) is 2.69. The van der Waals surface area contributed by atoms with E-state index in [0.29, 0.717) is 16.6 Å². The number of nitrogens with zero attached hydrogens (tertiary/aromatic N) is 1. The standard InChI is InChI=1S/C23H20BrFN2O2/c1-15-11-18(13-26-27-23(28)20-5-3-4-6-21(20)24)12-16(2)22(15)29-14-17-7-9-19(25)10-8-17/h3-13H,14H2,1-2H3,(H,27,28)/b26-13-. The summed E-state index contributed by atoms with van der Waals surface area (Å²) in [6.07, 6.45) is 1.60. The van der Waals surface area contributed by atoms with Gasteiger partial charge in [0.2, 0.25) is 0 Å². The van der Waals surface area contributed by atoms with Gasteiger partial charge in [0.1, 0.15) is 18.2 Å². The molecule has 0 fully saturated rings. The number of hydrogen-bond acceptors (Lipinski definition) is 3. The molecule has 0 saturated heterocycles. The summed E-state index contributed by atoms with van der Waals surface area (Å²) in [5, 5.41) is 4.05. The molecule has 3 aromatic rings. The molecule has 4 nitrogen and oxygen atoms in total. The Bertz CT molecular complexity index is 1030. The smallest absolute Gasteiger partial charge is 0.272 e. The number of carbonyl (C=O) groups is 1. The Kier molecular flexibility index (Phi) is 6.77. The first-order chi connectivity index (χ1) is 13.9. The summed E-state index contributed by atoms with van der Waals surface area (Å²) < 4.78 is 19.6. The maximum Gasteiger partial charge on any atom is 0.272 e. The van der Waals surface area contributed by atoms with Crippen LogP contribution in [0.3, 0.4) is 0 Å². The van der Waals surface area contributed by atoms with Crippen LogP contribution in [0, 0.1) is 19.7 Å². The molecule has 29 heavy (non-hydrogen) atoms. The summed E-state index contributed by atoms with van der Waals surface area (Å²) in [5.74, 6) is 0.224. The van der Waals surface area contributed by atoms with Crippen LogP contribution in [0.25, 0.3) is 0 Å². The normalized spacial score (nSPS) is 10.9. The molecule has 0 aliphatic carbocycles. The summed E-state index contributed by atoms with van der Waals surface area (Å²) in [7, 11) is 0. The lowest BCUT2D eigenvalue weighted by Crippen LogP contribution is -2.18. The summed E-state index contributed by atoms with van der Waals surface area (Å²) in [6.45, 7) is 4.26. The van der Waals surface area contributed by atoms with Crippen molar-refractivity contribution in [3.63, 3.8) is 0 Å². The highest BCUT2D eigenvalue weighted by atomic mass is 79.9. The number of benzene rings is 3. The Morgan fingerprint density at radius 1 is 1.10 bits per heavy atom. The van der Waals surface area contributed by atoms with Gasteiger partial charge in [0.15, 0.2) is 0 Å². The number of aryl methyl sites for hydroxylation is 2. The zero-order valence-electron chi connectivity index (χ0n) is 16.1. The minimum atomic E-state index is -0.290. The molecular weight excluding hydrogens is 435 g/mol. The Morgan fingerprint density at radius 2 is 1.76 bits per heavy atom. The number of rotatable bonds is 6. The summed E-state index contributed by atoms with van der Waals surface area (Å²) >= 11 is 3.35. The largest absolute Gasteiger partial charge is 0.488 e.